The highest BCUT2D eigenvalue weighted by Crippen LogP contribution is 2.36. The van der Waals surface area contributed by atoms with Gasteiger partial charge in [-0.1, -0.05) is 20.8 Å². The number of hydrazone groups is 1. The van der Waals surface area contributed by atoms with E-state index in [4.69, 9.17) is 0 Å². The third-order valence-corrected chi connectivity index (χ3v) is 4.05. The summed E-state index contributed by atoms with van der Waals surface area (Å²) in [6.45, 7) is 6.81. The summed E-state index contributed by atoms with van der Waals surface area (Å²) >= 11 is 0. The van der Waals surface area contributed by atoms with Gasteiger partial charge in [-0.05, 0) is 49.1 Å². The van der Waals surface area contributed by atoms with Crippen LogP contribution in [0.15, 0.2) is 23.3 Å². The lowest BCUT2D eigenvalue weighted by atomic mass is 9.72. The van der Waals surface area contributed by atoms with Gasteiger partial charge in [-0.3, -0.25) is 5.43 Å². The van der Waals surface area contributed by atoms with Gasteiger partial charge in [-0.2, -0.15) is 5.10 Å². The van der Waals surface area contributed by atoms with Gasteiger partial charge in [0.2, 0.25) is 0 Å². The fourth-order valence-electron chi connectivity index (χ4n) is 2.65. The van der Waals surface area contributed by atoms with Crippen molar-refractivity contribution in [3.05, 3.63) is 29.8 Å². The molecule has 2 rings (SSSR count). The molecular formula is C16H22F2N2. The Balaban J connectivity index is 1.94. The molecule has 110 valence electrons. The number of hydrogen-bond donors (Lipinski definition) is 1. The summed E-state index contributed by atoms with van der Waals surface area (Å²) in [6, 6.07) is 3.46. The third-order valence-electron chi connectivity index (χ3n) is 4.05. The lowest BCUT2D eigenvalue weighted by Crippen LogP contribution is -2.26. The Hall–Kier alpha value is -1.45. The molecule has 2 nitrogen and oxygen atoms in total. The molecule has 0 bridgehead atoms. The summed E-state index contributed by atoms with van der Waals surface area (Å²) in [5, 5.41) is 4.26. The van der Waals surface area contributed by atoms with Crippen LogP contribution in [0.3, 0.4) is 0 Å². The molecular weight excluding hydrogens is 258 g/mol. The van der Waals surface area contributed by atoms with Gasteiger partial charge in [0.25, 0.3) is 0 Å². The number of benzene rings is 1. The summed E-state index contributed by atoms with van der Waals surface area (Å²) in [5.74, 6) is -0.479. The van der Waals surface area contributed by atoms with E-state index < -0.39 is 11.6 Å². The molecule has 0 heterocycles. The molecule has 1 fully saturated rings. The number of halogens is 2. The SMILES string of the molecule is CC(C)(C)C1CCC(=NNc2ccc(F)cc2F)CC1. The van der Waals surface area contributed by atoms with Crippen molar-refractivity contribution >= 4 is 11.4 Å². The maximum absolute atomic E-state index is 13.5. The topological polar surface area (TPSA) is 24.4 Å². The largest absolute Gasteiger partial charge is 0.276 e. The van der Waals surface area contributed by atoms with Crippen LogP contribution in [0.2, 0.25) is 0 Å². The second-order valence-electron chi connectivity index (χ2n) is 6.55. The van der Waals surface area contributed by atoms with Gasteiger partial charge in [0.15, 0.2) is 5.82 Å². The smallest absolute Gasteiger partial charge is 0.151 e. The quantitative estimate of drug-likeness (QED) is 0.760. The molecule has 4 heteroatoms. The first-order valence-electron chi connectivity index (χ1n) is 7.13. The van der Waals surface area contributed by atoms with Crippen molar-refractivity contribution in [1.82, 2.24) is 0 Å². The van der Waals surface area contributed by atoms with E-state index in [-0.39, 0.29) is 5.69 Å². The third kappa shape index (κ3) is 3.78. The summed E-state index contributed by atoms with van der Waals surface area (Å²) in [7, 11) is 0. The van der Waals surface area contributed by atoms with Crippen LogP contribution in [0.4, 0.5) is 14.5 Å². The highest BCUT2D eigenvalue weighted by Gasteiger charge is 2.27. The predicted octanol–water partition coefficient (Wildman–Crippen LogP) is 4.97. The van der Waals surface area contributed by atoms with E-state index in [9.17, 15) is 8.78 Å². The fraction of sp³-hybridized carbons (Fsp3) is 0.562. The monoisotopic (exact) mass is 280 g/mol. The number of anilines is 1. The van der Waals surface area contributed by atoms with Crippen molar-refractivity contribution in [3.8, 4) is 0 Å². The van der Waals surface area contributed by atoms with Gasteiger partial charge in [0.1, 0.15) is 5.82 Å². The zero-order chi connectivity index (χ0) is 14.8. The lowest BCUT2D eigenvalue weighted by molar-refractivity contribution is 0.208. The van der Waals surface area contributed by atoms with Crippen LogP contribution >= 0.6 is 0 Å². The van der Waals surface area contributed by atoms with E-state index in [0.29, 0.717) is 11.3 Å². The molecule has 0 amide bonds. The van der Waals surface area contributed by atoms with Crippen molar-refractivity contribution in [2.45, 2.75) is 46.5 Å². The van der Waals surface area contributed by atoms with Gasteiger partial charge in [0.05, 0.1) is 5.69 Å². The first-order chi connectivity index (χ1) is 9.36. The summed E-state index contributed by atoms with van der Waals surface area (Å²) in [5.41, 5.74) is 4.33. The maximum Gasteiger partial charge on any atom is 0.151 e. The number of hydrogen-bond acceptors (Lipinski definition) is 2. The van der Waals surface area contributed by atoms with Crippen LogP contribution in [-0.4, -0.2) is 5.71 Å². The molecule has 1 aliphatic rings. The predicted molar refractivity (Wildman–Crippen MR) is 78.8 cm³/mol. The normalized spacial score (nSPS) is 19.9. The van der Waals surface area contributed by atoms with Crippen LogP contribution in [0.1, 0.15) is 46.5 Å². The van der Waals surface area contributed by atoms with Crippen LogP contribution in [0.25, 0.3) is 0 Å². The van der Waals surface area contributed by atoms with Crippen LogP contribution in [0.5, 0.6) is 0 Å². The van der Waals surface area contributed by atoms with E-state index >= 15 is 0 Å². The molecule has 0 atom stereocenters. The first-order valence-corrected chi connectivity index (χ1v) is 7.13. The zero-order valence-electron chi connectivity index (χ0n) is 12.3. The summed E-state index contributed by atoms with van der Waals surface area (Å²) < 4.78 is 26.2. The minimum absolute atomic E-state index is 0.219. The van der Waals surface area contributed by atoms with Crippen LogP contribution < -0.4 is 5.43 Å². The lowest BCUT2D eigenvalue weighted by Gasteiger charge is -2.34. The molecule has 0 aromatic heterocycles. The Morgan fingerprint density at radius 2 is 1.80 bits per heavy atom. The van der Waals surface area contributed by atoms with E-state index in [2.05, 4.69) is 31.3 Å². The molecule has 1 aromatic carbocycles. The Bertz CT molecular complexity index is 494. The molecule has 20 heavy (non-hydrogen) atoms. The highest BCUT2D eigenvalue weighted by molar-refractivity contribution is 5.85. The Labute approximate surface area is 119 Å². The molecule has 1 N–H and O–H groups in total. The molecule has 1 aromatic rings. The summed E-state index contributed by atoms with van der Waals surface area (Å²) in [6.07, 6.45) is 4.13. The van der Waals surface area contributed by atoms with Crippen molar-refractivity contribution in [2.75, 3.05) is 5.43 Å². The average molecular weight is 280 g/mol. The van der Waals surface area contributed by atoms with Gasteiger partial charge >= 0.3 is 0 Å². The van der Waals surface area contributed by atoms with Crippen molar-refractivity contribution in [3.63, 3.8) is 0 Å². The standard InChI is InChI=1S/C16H22F2N2/c1-16(2,3)11-4-7-13(8-5-11)19-20-15-9-6-12(17)10-14(15)18/h6,9-11,20H,4-5,7-8H2,1-3H3. The second-order valence-corrected chi connectivity index (χ2v) is 6.55. The highest BCUT2D eigenvalue weighted by atomic mass is 19.1. The van der Waals surface area contributed by atoms with Gasteiger partial charge in [0, 0.05) is 11.8 Å². The Morgan fingerprint density at radius 3 is 2.35 bits per heavy atom. The maximum atomic E-state index is 13.5. The van der Waals surface area contributed by atoms with E-state index in [1.807, 2.05) is 0 Å². The molecule has 0 radical (unpaired) electrons. The minimum atomic E-state index is -0.613. The molecule has 0 unspecified atom stereocenters. The van der Waals surface area contributed by atoms with E-state index in [1.54, 1.807) is 0 Å². The van der Waals surface area contributed by atoms with Crippen LogP contribution in [-0.2, 0) is 0 Å². The molecule has 0 spiro atoms. The molecule has 1 saturated carbocycles. The fourth-order valence-corrected chi connectivity index (χ4v) is 2.65. The first kappa shape index (κ1) is 14.9. The second kappa shape index (κ2) is 5.90. The van der Waals surface area contributed by atoms with Gasteiger partial charge in [-0.25, -0.2) is 8.78 Å². The van der Waals surface area contributed by atoms with Gasteiger partial charge < -0.3 is 0 Å². The number of nitrogens with zero attached hydrogens (tertiary/aromatic N) is 1. The Morgan fingerprint density at radius 1 is 1.15 bits per heavy atom. The average Bonchev–Trinajstić information content (AvgIpc) is 2.37. The molecule has 1 aliphatic carbocycles. The summed E-state index contributed by atoms with van der Waals surface area (Å²) in [4.78, 5) is 0. The van der Waals surface area contributed by atoms with Crippen LogP contribution in [0, 0.1) is 23.0 Å². The zero-order valence-corrected chi connectivity index (χ0v) is 12.3. The number of nitrogens with one attached hydrogen (secondary N) is 1. The van der Waals surface area contributed by atoms with Crippen molar-refractivity contribution in [2.24, 2.45) is 16.4 Å². The van der Waals surface area contributed by atoms with E-state index in [0.717, 1.165) is 37.5 Å². The van der Waals surface area contributed by atoms with E-state index in [1.165, 1.54) is 12.1 Å². The molecule has 0 saturated heterocycles. The number of rotatable bonds is 2. The van der Waals surface area contributed by atoms with Crippen molar-refractivity contribution in [1.29, 1.82) is 0 Å². The molecule has 0 aliphatic heterocycles. The van der Waals surface area contributed by atoms with Crippen molar-refractivity contribution < 1.29 is 8.78 Å². The van der Waals surface area contributed by atoms with Gasteiger partial charge in [-0.15, -0.1) is 0 Å². The Kier molecular flexibility index (Phi) is 4.41. The minimum Gasteiger partial charge on any atom is -0.276 e.